The minimum Gasteiger partial charge on any atom is -0.441 e. The summed E-state index contributed by atoms with van der Waals surface area (Å²) in [6.07, 6.45) is 2.21. The van der Waals surface area contributed by atoms with E-state index in [0.29, 0.717) is 10.5 Å². The summed E-state index contributed by atoms with van der Waals surface area (Å²) < 4.78 is 40.4. The molecule has 0 spiro atoms. The Balaban J connectivity index is 2.39. The van der Waals surface area contributed by atoms with Crippen LogP contribution in [0.4, 0.5) is 22.4 Å². The molecule has 0 atom stereocenters. The number of hydrogen-bond donors (Lipinski definition) is 3. The quantitative estimate of drug-likeness (QED) is 0.476. The number of aromatic nitrogens is 2. The molecule has 0 unspecified atom stereocenters. The predicted molar refractivity (Wildman–Crippen MR) is 83.7 cm³/mol. The molecule has 134 valence electrons. The van der Waals surface area contributed by atoms with Gasteiger partial charge in [-0.25, -0.2) is 9.08 Å². The Kier molecular flexibility index (Phi) is 5.62. The number of piperidine rings is 1. The third-order valence-corrected chi connectivity index (χ3v) is 3.60. The summed E-state index contributed by atoms with van der Waals surface area (Å²) in [4.78, 5) is 17.7. The van der Waals surface area contributed by atoms with E-state index in [4.69, 9.17) is 15.0 Å². The molecule has 0 radical (unpaired) electrons. The van der Waals surface area contributed by atoms with Crippen molar-refractivity contribution in [3.05, 3.63) is 6.07 Å². The molecule has 1 fully saturated rings. The van der Waals surface area contributed by atoms with Crippen molar-refractivity contribution in [2.24, 2.45) is 0 Å². The van der Waals surface area contributed by atoms with Gasteiger partial charge in [-0.1, -0.05) is 4.98 Å². The molecule has 0 saturated carbocycles. The van der Waals surface area contributed by atoms with E-state index < -0.39 is 16.5 Å². The van der Waals surface area contributed by atoms with E-state index in [-0.39, 0.29) is 18.4 Å². The van der Waals surface area contributed by atoms with Gasteiger partial charge in [0.15, 0.2) is 5.82 Å². The van der Waals surface area contributed by atoms with E-state index in [2.05, 4.69) is 14.6 Å². The van der Waals surface area contributed by atoms with Gasteiger partial charge in [0, 0.05) is 13.1 Å². The highest BCUT2D eigenvalue weighted by atomic mass is 32.3. The minimum absolute atomic E-state index is 0.103. The molecule has 0 aliphatic carbocycles. The summed E-state index contributed by atoms with van der Waals surface area (Å²) >= 11 is 0. The summed E-state index contributed by atoms with van der Waals surface area (Å²) in [5.41, 5.74) is 5.79. The average Bonchev–Trinajstić information content (AvgIpc) is 2.50. The standard InChI is InChI=1S/C12H19N5O6S/c1-2-22-12(18)15-11-14-10(16-6-4-3-5-7-16)8-9(13)17(11)23-24(19,20)21/h8H,2-7H2,1H3,(H3,13,14,15,18,19,20,21)/p+1. The molecule has 24 heavy (non-hydrogen) atoms. The molecule has 0 bridgehead atoms. The number of rotatable bonds is 5. The van der Waals surface area contributed by atoms with Gasteiger partial charge in [0.2, 0.25) is 5.82 Å². The lowest BCUT2D eigenvalue weighted by molar-refractivity contribution is -0.835. The molecule has 2 rings (SSSR count). The van der Waals surface area contributed by atoms with Gasteiger partial charge in [-0.2, -0.15) is 13.7 Å². The Morgan fingerprint density at radius 2 is 2.12 bits per heavy atom. The fourth-order valence-corrected chi connectivity index (χ4v) is 2.64. The number of nitrogens with two attached hydrogens (primary N) is 1. The summed E-state index contributed by atoms with van der Waals surface area (Å²) in [6.45, 7) is 3.23. The highest BCUT2D eigenvalue weighted by Crippen LogP contribution is 2.20. The van der Waals surface area contributed by atoms with Gasteiger partial charge >= 0.3 is 22.4 Å². The van der Waals surface area contributed by atoms with Crippen molar-refractivity contribution < 1.29 is 31.5 Å². The van der Waals surface area contributed by atoms with Crippen LogP contribution in [0.5, 0.6) is 0 Å². The lowest BCUT2D eigenvalue weighted by Crippen LogP contribution is -2.51. The maximum Gasteiger partial charge on any atom is 0.474 e. The van der Waals surface area contributed by atoms with Crippen LogP contribution in [0.1, 0.15) is 26.2 Å². The maximum absolute atomic E-state index is 11.6. The third-order valence-electron chi connectivity index (χ3n) is 3.26. The minimum atomic E-state index is -4.87. The number of anilines is 3. The largest absolute Gasteiger partial charge is 0.474 e. The first-order valence-corrected chi connectivity index (χ1v) is 8.75. The van der Waals surface area contributed by atoms with Crippen molar-refractivity contribution in [2.45, 2.75) is 26.2 Å². The van der Waals surface area contributed by atoms with Crippen LogP contribution in [0, 0.1) is 0 Å². The fraction of sp³-hybridized carbons (Fsp3) is 0.583. The molecule has 4 N–H and O–H groups in total. The number of nitrogens with one attached hydrogen (secondary N) is 1. The first-order valence-electron chi connectivity index (χ1n) is 7.39. The normalized spacial score (nSPS) is 15.0. The fourth-order valence-electron chi connectivity index (χ4n) is 2.29. The number of nitrogen functional groups attached to an aromatic ring is 1. The van der Waals surface area contributed by atoms with Gasteiger partial charge in [0.1, 0.15) is 0 Å². The second kappa shape index (κ2) is 7.49. The van der Waals surface area contributed by atoms with Crippen LogP contribution in [-0.4, -0.2) is 43.7 Å². The SMILES string of the molecule is CCOC(=O)Nc1nc(N2CCCCC2)cc(N)[n+]1OS(=O)(=O)O. The Labute approximate surface area is 139 Å². The van der Waals surface area contributed by atoms with Crippen LogP contribution in [0.15, 0.2) is 6.07 Å². The van der Waals surface area contributed by atoms with E-state index in [1.54, 1.807) is 6.92 Å². The van der Waals surface area contributed by atoms with Gasteiger partial charge < -0.3 is 15.4 Å². The average molecular weight is 362 g/mol. The van der Waals surface area contributed by atoms with Gasteiger partial charge in [-0.15, -0.1) is 0 Å². The van der Waals surface area contributed by atoms with Crippen LogP contribution < -0.4 is 25.0 Å². The van der Waals surface area contributed by atoms with E-state index >= 15 is 0 Å². The number of nitrogens with zero attached hydrogens (tertiary/aromatic N) is 3. The van der Waals surface area contributed by atoms with Crippen molar-refractivity contribution in [3.8, 4) is 0 Å². The van der Waals surface area contributed by atoms with Crippen molar-refractivity contribution in [3.63, 3.8) is 0 Å². The number of amides is 1. The van der Waals surface area contributed by atoms with Crippen molar-refractivity contribution in [1.82, 2.24) is 4.98 Å². The molecule has 1 aromatic rings. The zero-order chi connectivity index (χ0) is 17.7. The Hall–Kier alpha value is -2.34. The van der Waals surface area contributed by atoms with Crippen LogP contribution >= 0.6 is 0 Å². The predicted octanol–water partition coefficient (Wildman–Crippen LogP) is -0.259. The molecule has 1 aliphatic rings. The summed E-state index contributed by atoms with van der Waals surface area (Å²) in [5.74, 6) is -0.0455. The van der Waals surface area contributed by atoms with E-state index in [9.17, 15) is 13.2 Å². The smallest absolute Gasteiger partial charge is 0.441 e. The first kappa shape index (κ1) is 18.0. The molecule has 1 amide bonds. The molecule has 1 saturated heterocycles. The number of hydrogen-bond acceptors (Lipinski definition) is 8. The molecule has 2 heterocycles. The van der Waals surface area contributed by atoms with E-state index in [1.807, 2.05) is 4.90 Å². The number of carbonyl (C=O) groups excluding carboxylic acids is 1. The van der Waals surface area contributed by atoms with Gasteiger partial charge in [-0.3, -0.25) is 4.55 Å². The Morgan fingerprint density at radius 1 is 1.46 bits per heavy atom. The zero-order valence-corrected chi connectivity index (χ0v) is 14.0. The van der Waals surface area contributed by atoms with Crippen LogP contribution in [0.3, 0.4) is 0 Å². The molecular formula is C12H20N5O6S+. The Morgan fingerprint density at radius 3 is 2.71 bits per heavy atom. The van der Waals surface area contributed by atoms with E-state index in [0.717, 1.165) is 32.4 Å². The zero-order valence-electron chi connectivity index (χ0n) is 13.1. The van der Waals surface area contributed by atoms with Gasteiger partial charge in [-0.05, 0) is 30.9 Å². The number of ether oxygens (including phenoxy) is 1. The van der Waals surface area contributed by atoms with E-state index in [1.165, 1.54) is 6.07 Å². The highest BCUT2D eigenvalue weighted by Gasteiger charge is 2.27. The monoisotopic (exact) mass is 362 g/mol. The molecule has 0 aromatic carbocycles. The first-order chi connectivity index (χ1) is 11.3. The highest BCUT2D eigenvalue weighted by molar-refractivity contribution is 7.80. The van der Waals surface area contributed by atoms with Crippen LogP contribution in [-0.2, 0) is 15.1 Å². The second-order valence-corrected chi connectivity index (χ2v) is 6.06. The summed E-state index contributed by atoms with van der Waals surface area (Å²) in [5, 5.41) is 2.24. The van der Waals surface area contributed by atoms with Crippen molar-refractivity contribution in [2.75, 3.05) is 35.6 Å². The summed E-state index contributed by atoms with van der Waals surface area (Å²) in [7, 11) is -4.87. The lowest BCUT2D eigenvalue weighted by Gasteiger charge is -2.26. The second-order valence-electron chi connectivity index (χ2n) is 5.05. The van der Waals surface area contributed by atoms with Crippen molar-refractivity contribution in [1.29, 1.82) is 0 Å². The lowest BCUT2D eigenvalue weighted by atomic mass is 10.1. The van der Waals surface area contributed by atoms with Crippen LogP contribution in [0.25, 0.3) is 0 Å². The van der Waals surface area contributed by atoms with Gasteiger partial charge in [0.05, 0.1) is 12.7 Å². The van der Waals surface area contributed by atoms with Gasteiger partial charge in [0.25, 0.3) is 0 Å². The van der Waals surface area contributed by atoms with Crippen LogP contribution in [0.2, 0.25) is 0 Å². The molecular weight excluding hydrogens is 342 g/mol. The molecule has 12 heteroatoms. The topological polar surface area (TPSA) is 148 Å². The Bertz CT molecular complexity index is 704. The number of carbonyl (C=O) groups is 1. The molecule has 1 aliphatic heterocycles. The third kappa shape index (κ3) is 4.83. The maximum atomic E-state index is 11.6. The summed E-state index contributed by atoms with van der Waals surface area (Å²) in [6, 6.07) is 1.40. The van der Waals surface area contributed by atoms with Crippen molar-refractivity contribution >= 4 is 34.1 Å². The molecule has 1 aromatic heterocycles. The molecule has 11 nitrogen and oxygen atoms in total.